The van der Waals surface area contributed by atoms with E-state index in [4.69, 9.17) is 14.9 Å². The summed E-state index contributed by atoms with van der Waals surface area (Å²) >= 11 is 0. The Hall–Kier alpha value is -2.81. The summed E-state index contributed by atoms with van der Waals surface area (Å²) in [6.07, 6.45) is -0.900. The fraction of sp³-hybridized carbons (Fsp3) is 0.167. The standard InChI is InChI=1S/C18H16O5/c19-11-16(20)12-23-17-9-5-14(6-10-17)2-1-13-3-7-15(8-4-13)18(21)22/h3-10,16,19-20H,11-12H2,(H,21,22). The van der Waals surface area contributed by atoms with Crippen molar-refractivity contribution in [3.63, 3.8) is 0 Å². The molecule has 0 spiro atoms. The summed E-state index contributed by atoms with van der Waals surface area (Å²) in [5.74, 6) is 5.53. The fourth-order valence-corrected chi connectivity index (χ4v) is 1.72. The molecule has 0 heterocycles. The quantitative estimate of drug-likeness (QED) is 0.729. The minimum absolute atomic E-state index is 0.0252. The van der Waals surface area contributed by atoms with Gasteiger partial charge in [-0.15, -0.1) is 0 Å². The van der Waals surface area contributed by atoms with Gasteiger partial charge in [-0.05, 0) is 48.5 Å². The van der Waals surface area contributed by atoms with Gasteiger partial charge < -0.3 is 20.1 Å². The maximum Gasteiger partial charge on any atom is 0.335 e. The lowest BCUT2D eigenvalue weighted by molar-refractivity contribution is 0.0536. The molecule has 0 aromatic heterocycles. The first-order valence-electron chi connectivity index (χ1n) is 6.95. The third kappa shape index (κ3) is 5.15. The number of aliphatic hydroxyl groups excluding tert-OH is 2. The van der Waals surface area contributed by atoms with Crippen LogP contribution in [0.2, 0.25) is 0 Å². The van der Waals surface area contributed by atoms with Crippen molar-refractivity contribution in [1.82, 2.24) is 0 Å². The molecular weight excluding hydrogens is 296 g/mol. The minimum atomic E-state index is -0.966. The first-order valence-corrected chi connectivity index (χ1v) is 6.95. The van der Waals surface area contributed by atoms with Gasteiger partial charge in [-0.1, -0.05) is 11.8 Å². The lowest BCUT2D eigenvalue weighted by atomic mass is 10.1. The molecule has 3 N–H and O–H groups in total. The number of ether oxygens (including phenoxy) is 1. The van der Waals surface area contributed by atoms with E-state index >= 15 is 0 Å². The summed E-state index contributed by atoms with van der Waals surface area (Å²) in [5, 5.41) is 26.7. The third-order valence-corrected chi connectivity index (χ3v) is 2.99. The van der Waals surface area contributed by atoms with Crippen LogP contribution in [0.25, 0.3) is 0 Å². The van der Waals surface area contributed by atoms with Crippen molar-refractivity contribution in [2.24, 2.45) is 0 Å². The molecule has 2 aromatic rings. The molecular formula is C18H16O5. The van der Waals surface area contributed by atoms with Crippen molar-refractivity contribution < 1.29 is 24.9 Å². The van der Waals surface area contributed by atoms with E-state index in [0.29, 0.717) is 5.75 Å². The van der Waals surface area contributed by atoms with Gasteiger partial charge in [0.15, 0.2) is 0 Å². The zero-order valence-electron chi connectivity index (χ0n) is 12.3. The van der Waals surface area contributed by atoms with Gasteiger partial charge in [0, 0.05) is 11.1 Å². The highest BCUT2D eigenvalue weighted by Crippen LogP contribution is 2.12. The lowest BCUT2D eigenvalue weighted by Gasteiger charge is -2.09. The molecule has 5 nitrogen and oxygen atoms in total. The first kappa shape index (κ1) is 16.6. The summed E-state index contributed by atoms with van der Waals surface area (Å²) in [5.41, 5.74) is 1.73. The van der Waals surface area contributed by atoms with Gasteiger partial charge in [0.2, 0.25) is 0 Å². The number of benzene rings is 2. The minimum Gasteiger partial charge on any atom is -0.491 e. The summed E-state index contributed by atoms with van der Waals surface area (Å²) in [7, 11) is 0. The molecule has 0 aliphatic rings. The predicted molar refractivity (Wildman–Crippen MR) is 84.4 cm³/mol. The summed E-state index contributed by atoms with van der Waals surface area (Å²) < 4.78 is 5.30. The first-order chi connectivity index (χ1) is 11.1. The molecule has 1 unspecified atom stereocenters. The number of carboxylic acids is 1. The normalized spacial score (nSPS) is 11.2. The second kappa shape index (κ2) is 7.99. The molecule has 0 bridgehead atoms. The maximum absolute atomic E-state index is 10.8. The molecule has 0 aliphatic carbocycles. The topological polar surface area (TPSA) is 87.0 Å². The highest BCUT2D eigenvalue weighted by atomic mass is 16.5. The molecule has 0 saturated carbocycles. The molecule has 0 amide bonds. The Balaban J connectivity index is 1.99. The highest BCUT2D eigenvalue weighted by Gasteiger charge is 2.02. The van der Waals surface area contributed by atoms with Crippen LogP contribution in [0.3, 0.4) is 0 Å². The molecule has 118 valence electrons. The van der Waals surface area contributed by atoms with E-state index in [1.165, 1.54) is 12.1 Å². The number of carboxylic acid groups (broad SMARTS) is 1. The molecule has 23 heavy (non-hydrogen) atoms. The van der Waals surface area contributed by atoms with Crippen LogP contribution in [0.4, 0.5) is 0 Å². The lowest BCUT2D eigenvalue weighted by Crippen LogP contribution is -2.21. The van der Waals surface area contributed by atoms with Crippen LogP contribution in [-0.4, -0.2) is 40.6 Å². The number of carbonyl (C=O) groups is 1. The van der Waals surface area contributed by atoms with E-state index in [0.717, 1.165) is 11.1 Å². The largest absolute Gasteiger partial charge is 0.491 e. The monoisotopic (exact) mass is 312 g/mol. The SMILES string of the molecule is O=C(O)c1ccc(C#Cc2ccc(OCC(O)CO)cc2)cc1. The van der Waals surface area contributed by atoms with Crippen LogP contribution in [0.15, 0.2) is 48.5 Å². The number of aromatic carboxylic acids is 1. The molecule has 2 rings (SSSR count). The van der Waals surface area contributed by atoms with Crippen LogP contribution in [0.5, 0.6) is 5.75 Å². The Kier molecular flexibility index (Phi) is 5.75. The van der Waals surface area contributed by atoms with Crippen LogP contribution < -0.4 is 4.74 Å². The van der Waals surface area contributed by atoms with Crippen LogP contribution >= 0.6 is 0 Å². The summed E-state index contributed by atoms with van der Waals surface area (Å²) in [6.45, 7) is -0.318. The van der Waals surface area contributed by atoms with E-state index in [1.807, 2.05) is 0 Å². The van der Waals surface area contributed by atoms with E-state index in [1.54, 1.807) is 36.4 Å². The molecule has 0 radical (unpaired) electrons. The number of rotatable bonds is 5. The van der Waals surface area contributed by atoms with Gasteiger partial charge in [-0.25, -0.2) is 4.79 Å². The van der Waals surface area contributed by atoms with Gasteiger partial charge in [0.25, 0.3) is 0 Å². The van der Waals surface area contributed by atoms with Crippen molar-refractivity contribution in [1.29, 1.82) is 0 Å². The van der Waals surface area contributed by atoms with Gasteiger partial charge in [-0.3, -0.25) is 0 Å². The number of hydrogen-bond donors (Lipinski definition) is 3. The van der Waals surface area contributed by atoms with Crippen molar-refractivity contribution in [3.8, 4) is 17.6 Å². The zero-order chi connectivity index (χ0) is 16.7. The molecule has 0 fully saturated rings. The third-order valence-electron chi connectivity index (χ3n) is 2.99. The van der Waals surface area contributed by atoms with Crippen LogP contribution in [-0.2, 0) is 0 Å². The molecule has 5 heteroatoms. The summed E-state index contributed by atoms with van der Waals surface area (Å²) in [4.78, 5) is 10.8. The van der Waals surface area contributed by atoms with Gasteiger partial charge in [-0.2, -0.15) is 0 Å². The average molecular weight is 312 g/mol. The second-order valence-corrected chi connectivity index (χ2v) is 4.80. The van der Waals surface area contributed by atoms with Crippen molar-refractivity contribution in [2.75, 3.05) is 13.2 Å². The molecule has 0 aliphatic heterocycles. The fourth-order valence-electron chi connectivity index (χ4n) is 1.72. The predicted octanol–water partition coefficient (Wildman–Crippen LogP) is 1.52. The van der Waals surface area contributed by atoms with Gasteiger partial charge in [0.05, 0.1) is 12.2 Å². The number of aliphatic hydroxyl groups is 2. The van der Waals surface area contributed by atoms with E-state index < -0.39 is 12.1 Å². The van der Waals surface area contributed by atoms with Crippen LogP contribution in [0.1, 0.15) is 21.5 Å². The Morgan fingerprint density at radius 2 is 1.52 bits per heavy atom. The average Bonchev–Trinajstić information content (AvgIpc) is 2.59. The Labute approximate surface area is 133 Å². The maximum atomic E-state index is 10.8. The van der Waals surface area contributed by atoms with Crippen molar-refractivity contribution in [2.45, 2.75) is 6.10 Å². The molecule has 1 atom stereocenters. The van der Waals surface area contributed by atoms with E-state index in [2.05, 4.69) is 11.8 Å². The zero-order valence-corrected chi connectivity index (χ0v) is 12.3. The smallest absolute Gasteiger partial charge is 0.335 e. The van der Waals surface area contributed by atoms with Crippen LogP contribution in [0, 0.1) is 11.8 Å². The Morgan fingerprint density at radius 1 is 1.00 bits per heavy atom. The van der Waals surface area contributed by atoms with E-state index in [-0.39, 0.29) is 18.8 Å². The van der Waals surface area contributed by atoms with Crippen molar-refractivity contribution in [3.05, 3.63) is 65.2 Å². The molecule has 0 saturated heterocycles. The van der Waals surface area contributed by atoms with Gasteiger partial charge >= 0.3 is 5.97 Å². The van der Waals surface area contributed by atoms with E-state index in [9.17, 15) is 9.90 Å². The molecule has 2 aromatic carbocycles. The van der Waals surface area contributed by atoms with Gasteiger partial charge in [0.1, 0.15) is 18.5 Å². The summed E-state index contributed by atoms with van der Waals surface area (Å²) in [6, 6.07) is 13.3. The number of hydrogen-bond acceptors (Lipinski definition) is 4. The van der Waals surface area contributed by atoms with Crippen molar-refractivity contribution >= 4 is 5.97 Å². The Morgan fingerprint density at radius 3 is 2.00 bits per heavy atom. The second-order valence-electron chi connectivity index (χ2n) is 4.80. The Bertz CT molecular complexity index is 708. The highest BCUT2D eigenvalue weighted by molar-refractivity contribution is 5.87.